The summed E-state index contributed by atoms with van der Waals surface area (Å²) in [5.41, 5.74) is 0.729. The van der Waals surface area contributed by atoms with E-state index in [4.69, 9.17) is 4.98 Å². The van der Waals surface area contributed by atoms with Gasteiger partial charge >= 0.3 is 0 Å². The molecule has 2 fully saturated rings. The fraction of sp³-hybridized carbons (Fsp3) is 0.545. The number of hydrogen-bond acceptors (Lipinski definition) is 4. The summed E-state index contributed by atoms with van der Waals surface area (Å²) < 4.78 is 1.79. The molecular weight excluding hydrogens is 368 g/mol. The molecule has 2 atom stereocenters. The lowest BCUT2D eigenvalue weighted by Crippen LogP contribution is -2.42. The lowest BCUT2D eigenvalue weighted by molar-refractivity contribution is -0.135. The van der Waals surface area contributed by atoms with Crippen LogP contribution < -0.4 is 5.56 Å². The van der Waals surface area contributed by atoms with Crippen molar-refractivity contribution >= 4 is 22.7 Å². The first-order chi connectivity index (χ1) is 14.1. The Bertz CT molecular complexity index is 1030. The minimum atomic E-state index is -0.00176. The average molecular weight is 394 g/mol. The van der Waals surface area contributed by atoms with E-state index in [1.165, 1.54) is 0 Å². The maximum absolute atomic E-state index is 13.1. The molecule has 2 saturated heterocycles. The highest BCUT2D eigenvalue weighted by Gasteiger charge is 2.40. The topological polar surface area (TPSA) is 75.5 Å². The van der Waals surface area contributed by atoms with E-state index in [9.17, 15) is 14.4 Å². The number of amides is 2. The molecule has 1 aromatic carbocycles. The second-order valence-corrected chi connectivity index (χ2v) is 8.44. The van der Waals surface area contributed by atoms with E-state index < -0.39 is 0 Å². The van der Waals surface area contributed by atoms with Crippen molar-refractivity contribution in [1.82, 2.24) is 19.4 Å². The number of benzene rings is 1. The van der Waals surface area contributed by atoms with Gasteiger partial charge in [-0.2, -0.15) is 0 Å². The molecular formula is C22H26N4O3. The lowest BCUT2D eigenvalue weighted by Gasteiger charge is -2.28. The number of para-hydroxylation sites is 1. The third-order valence-electron chi connectivity index (χ3n) is 6.65. The fourth-order valence-corrected chi connectivity index (χ4v) is 5.22. The molecule has 2 aromatic rings. The quantitative estimate of drug-likeness (QED) is 0.791. The Labute approximate surface area is 169 Å². The molecule has 3 aliphatic rings. The summed E-state index contributed by atoms with van der Waals surface area (Å²) in [5, 5.41) is 0.641. The van der Waals surface area contributed by atoms with Gasteiger partial charge in [-0.1, -0.05) is 12.1 Å². The Morgan fingerprint density at radius 2 is 1.97 bits per heavy atom. The van der Waals surface area contributed by atoms with Crippen molar-refractivity contribution in [2.24, 2.45) is 0 Å². The third kappa shape index (κ3) is 3.22. The summed E-state index contributed by atoms with van der Waals surface area (Å²) in [6.45, 7) is 2.01. The minimum absolute atomic E-state index is 0.00176. The maximum Gasteiger partial charge on any atom is 0.261 e. The molecule has 0 N–H and O–H groups in total. The van der Waals surface area contributed by atoms with E-state index in [1.807, 2.05) is 34.1 Å². The molecule has 2 bridgehead atoms. The molecule has 5 rings (SSSR count). The summed E-state index contributed by atoms with van der Waals surface area (Å²) >= 11 is 0. The van der Waals surface area contributed by atoms with E-state index in [0.29, 0.717) is 44.2 Å². The number of carbonyl (C=O) groups is 2. The second kappa shape index (κ2) is 7.28. The summed E-state index contributed by atoms with van der Waals surface area (Å²) in [4.78, 5) is 46.5. The van der Waals surface area contributed by atoms with Crippen LogP contribution >= 0.6 is 0 Å². The summed E-state index contributed by atoms with van der Waals surface area (Å²) in [5.74, 6) is 1.15. The molecule has 0 aliphatic carbocycles. The van der Waals surface area contributed by atoms with Crippen molar-refractivity contribution in [2.75, 3.05) is 13.1 Å². The molecule has 2 amide bonds. The monoisotopic (exact) mass is 394 g/mol. The van der Waals surface area contributed by atoms with E-state index in [2.05, 4.69) is 0 Å². The van der Waals surface area contributed by atoms with Gasteiger partial charge in [-0.05, 0) is 37.8 Å². The molecule has 4 heterocycles. The molecule has 0 radical (unpaired) electrons. The predicted octanol–water partition coefficient (Wildman–Crippen LogP) is 1.71. The summed E-state index contributed by atoms with van der Waals surface area (Å²) in [6.07, 6.45) is 5.25. The third-order valence-corrected chi connectivity index (χ3v) is 6.65. The predicted molar refractivity (Wildman–Crippen MR) is 108 cm³/mol. The van der Waals surface area contributed by atoms with Gasteiger partial charge < -0.3 is 9.80 Å². The van der Waals surface area contributed by atoms with E-state index >= 15 is 0 Å². The van der Waals surface area contributed by atoms with Gasteiger partial charge in [0.2, 0.25) is 11.8 Å². The number of aromatic nitrogens is 2. The van der Waals surface area contributed by atoms with Gasteiger partial charge in [0.25, 0.3) is 5.56 Å². The molecule has 0 unspecified atom stereocenters. The highest BCUT2D eigenvalue weighted by Crippen LogP contribution is 2.31. The van der Waals surface area contributed by atoms with E-state index in [0.717, 1.165) is 37.1 Å². The van der Waals surface area contributed by atoms with Crippen LogP contribution in [0.5, 0.6) is 0 Å². The molecule has 7 nitrogen and oxygen atoms in total. The largest absolute Gasteiger partial charge is 0.343 e. The number of nitrogens with zero attached hydrogens (tertiary/aromatic N) is 4. The zero-order chi connectivity index (χ0) is 20.0. The lowest BCUT2D eigenvalue weighted by atomic mass is 10.1. The maximum atomic E-state index is 13.1. The smallest absolute Gasteiger partial charge is 0.261 e. The molecule has 29 heavy (non-hydrogen) atoms. The Balaban J connectivity index is 1.33. The first-order valence-electron chi connectivity index (χ1n) is 10.7. The molecule has 3 aliphatic heterocycles. The van der Waals surface area contributed by atoms with Gasteiger partial charge in [0.15, 0.2) is 0 Å². The number of hydrogen-bond donors (Lipinski definition) is 0. The Kier molecular flexibility index (Phi) is 4.60. The van der Waals surface area contributed by atoms with Crippen molar-refractivity contribution in [1.29, 1.82) is 0 Å². The molecule has 152 valence electrons. The zero-order valence-corrected chi connectivity index (χ0v) is 16.5. The average Bonchev–Trinajstić information content (AvgIpc) is 3.25. The summed E-state index contributed by atoms with van der Waals surface area (Å²) in [7, 11) is 0. The minimum Gasteiger partial charge on any atom is -0.343 e. The first kappa shape index (κ1) is 18.3. The SMILES string of the molecule is O=C1CCCN1CCCC(=O)N1[C@@H]2CC[C@H]1Cc1nc3ccccc3c(=O)n1C2. The van der Waals surface area contributed by atoms with Gasteiger partial charge in [0.1, 0.15) is 5.82 Å². The Hall–Kier alpha value is -2.70. The van der Waals surface area contributed by atoms with Gasteiger partial charge in [-0.25, -0.2) is 4.98 Å². The van der Waals surface area contributed by atoms with Crippen molar-refractivity contribution in [2.45, 2.75) is 63.6 Å². The first-order valence-corrected chi connectivity index (χ1v) is 10.7. The molecule has 0 spiro atoms. The summed E-state index contributed by atoms with van der Waals surface area (Å²) in [6, 6.07) is 7.63. The van der Waals surface area contributed by atoms with Gasteiger partial charge in [-0.15, -0.1) is 0 Å². The van der Waals surface area contributed by atoms with Crippen LogP contribution in [0.15, 0.2) is 29.1 Å². The van der Waals surface area contributed by atoms with Gasteiger partial charge in [0.05, 0.1) is 16.9 Å². The van der Waals surface area contributed by atoms with Gasteiger partial charge in [-0.3, -0.25) is 19.0 Å². The number of likely N-dealkylation sites (tertiary alicyclic amines) is 1. The van der Waals surface area contributed by atoms with Crippen molar-refractivity contribution in [3.63, 3.8) is 0 Å². The highest BCUT2D eigenvalue weighted by atomic mass is 16.2. The van der Waals surface area contributed by atoms with Crippen LogP contribution in [-0.2, 0) is 22.6 Å². The highest BCUT2D eigenvalue weighted by molar-refractivity contribution is 5.79. The molecule has 1 aromatic heterocycles. The van der Waals surface area contributed by atoms with Crippen LogP contribution in [0, 0.1) is 0 Å². The van der Waals surface area contributed by atoms with Crippen LogP contribution in [0.2, 0.25) is 0 Å². The van der Waals surface area contributed by atoms with Crippen molar-refractivity contribution in [3.8, 4) is 0 Å². The standard InChI is InChI=1S/C22H26N4O3/c27-20-7-3-11-24(20)12-4-8-21(28)26-15-9-10-16(26)14-25-19(13-15)23-18-6-2-1-5-17(18)22(25)29/h1-2,5-6,15-16H,3-4,7-14H2/t15-,16+/m0/s1. The van der Waals surface area contributed by atoms with Crippen LogP contribution in [0.4, 0.5) is 0 Å². The molecule has 0 saturated carbocycles. The zero-order valence-electron chi connectivity index (χ0n) is 16.5. The van der Waals surface area contributed by atoms with E-state index in [-0.39, 0.29) is 29.5 Å². The van der Waals surface area contributed by atoms with Crippen LogP contribution in [0.1, 0.15) is 44.3 Å². The van der Waals surface area contributed by atoms with Crippen LogP contribution in [0.3, 0.4) is 0 Å². The Morgan fingerprint density at radius 3 is 2.79 bits per heavy atom. The normalized spacial score (nSPS) is 23.5. The van der Waals surface area contributed by atoms with Gasteiger partial charge in [0, 0.05) is 44.9 Å². The fourth-order valence-electron chi connectivity index (χ4n) is 5.22. The number of carbonyl (C=O) groups excluding carboxylic acids is 2. The molecule has 7 heteroatoms. The number of rotatable bonds is 4. The Morgan fingerprint density at radius 1 is 1.14 bits per heavy atom. The van der Waals surface area contributed by atoms with Crippen molar-refractivity contribution < 1.29 is 9.59 Å². The second-order valence-electron chi connectivity index (χ2n) is 8.44. The van der Waals surface area contributed by atoms with Crippen LogP contribution in [-0.4, -0.2) is 56.3 Å². The number of fused-ring (bicyclic) bond motifs is 4. The van der Waals surface area contributed by atoms with Crippen LogP contribution in [0.25, 0.3) is 10.9 Å². The van der Waals surface area contributed by atoms with Crippen molar-refractivity contribution in [3.05, 3.63) is 40.4 Å². The van der Waals surface area contributed by atoms with E-state index in [1.54, 1.807) is 4.57 Å².